The largest absolute Gasteiger partial charge is 0.417 e. The van der Waals surface area contributed by atoms with Crippen molar-refractivity contribution in [1.82, 2.24) is 20.2 Å². The van der Waals surface area contributed by atoms with Crippen LogP contribution in [0.2, 0.25) is 0 Å². The van der Waals surface area contributed by atoms with Crippen molar-refractivity contribution in [3.05, 3.63) is 58.6 Å². The summed E-state index contributed by atoms with van der Waals surface area (Å²) in [4.78, 5) is 22.2. The van der Waals surface area contributed by atoms with Gasteiger partial charge in [-0.25, -0.2) is 10.4 Å². The van der Waals surface area contributed by atoms with E-state index in [4.69, 9.17) is 10.7 Å². The molecule has 10 heteroatoms. The lowest BCUT2D eigenvalue weighted by Gasteiger charge is -2.39. The molecule has 3 atom stereocenters. The van der Waals surface area contributed by atoms with Crippen LogP contribution >= 0.6 is 0 Å². The fraction of sp³-hybridized carbons (Fsp3) is 0.520. The van der Waals surface area contributed by atoms with Gasteiger partial charge in [0.25, 0.3) is 5.91 Å². The number of aliphatic imine (C=N–C) groups is 1. The number of nitrogens with two attached hydrogens (primary N) is 1. The number of halogens is 3. The number of nitrogens with zero attached hydrogens (tertiary/aromatic N) is 4. The Morgan fingerprint density at radius 1 is 1.17 bits per heavy atom. The molecular weight excluding hydrogens is 457 g/mol. The number of hydrogen-bond donors (Lipinski definition) is 2. The molecule has 35 heavy (non-hydrogen) atoms. The van der Waals surface area contributed by atoms with Gasteiger partial charge in [0, 0.05) is 37.4 Å². The number of likely N-dealkylation sites (tertiary alicyclic amines) is 2. The molecule has 188 valence electrons. The second-order valence-corrected chi connectivity index (χ2v) is 9.90. The lowest BCUT2D eigenvalue weighted by molar-refractivity contribution is -0.138. The Kier molecular flexibility index (Phi) is 6.13. The summed E-state index contributed by atoms with van der Waals surface area (Å²) in [5, 5.41) is 1.85. The molecule has 4 heterocycles. The van der Waals surface area contributed by atoms with Crippen molar-refractivity contribution < 1.29 is 18.0 Å². The molecule has 1 aromatic carbocycles. The molecule has 5 rings (SSSR count). The molecule has 7 nitrogen and oxygen atoms in total. The number of amidine groups is 1. The summed E-state index contributed by atoms with van der Waals surface area (Å²) in [7, 11) is 0. The number of hydrazine groups is 1. The zero-order valence-electron chi connectivity index (χ0n) is 20.0. The number of nitrogens with one attached hydrogen (secondary N) is 1. The fourth-order valence-corrected chi connectivity index (χ4v) is 5.46. The highest BCUT2D eigenvalue weighted by Gasteiger charge is 2.41. The molecule has 0 bridgehead atoms. The Labute approximate surface area is 203 Å². The van der Waals surface area contributed by atoms with Gasteiger partial charge in [-0.15, -0.1) is 0 Å². The van der Waals surface area contributed by atoms with E-state index in [1.807, 2.05) is 24.2 Å². The maximum atomic E-state index is 13.7. The molecule has 0 saturated carbocycles. The smallest absolute Gasteiger partial charge is 0.355 e. The van der Waals surface area contributed by atoms with Gasteiger partial charge in [0.2, 0.25) is 0 Å². The van der Waals surface area contributed by atoms with Crippen molar-refractivity contribution in [3.63, 3.8) is 0 Å². The van der Waals surface area contributed by atoms with Crippen LogP contribution in [0.25, 0.3) is 0 Å². The maximum Gasteiger partial charge on any atom is 0.417 e. The van der Waals surface area contributed by atoms with Gasteiger partial charge in [-0.05, 0) is 57.7 Å². The van der Waals surface area contributed by atoms with Crippen molar-refractivity contribution in [2.45, 2.75) is 63.8 Å². The minimum absolute atomic E-state index is 0.136. The van der Waals surface area contributed by atoms with Gasteiger partial charge >= 0.3 is 6.18 Å². The van der Waals surface area contributed by atoms with Crippen molar-refractivity contribution in [2.75, 3.05) is 19.6 Å². The number of rotatable bonds is 2. The first-order valence-corrected chi connectivity index (χ1v) is 12.2. The molecule has 0 radical (unpaired) electrons. The first-order chi connectivity index (χ1) is 16.6. The second kappa shape index (κ2) is 8.98. The molecule has 3 N–H and O–H groups in total. The van der Waals surface area contributed by atoms with Crippen molar-refractivity contribution in [3.8, 4) is 0 Å². The number of hydrogen-bond acceptors (Lipinski definition) is 6. The van der Waals surface area contributed by atoms with Crippen LogP contribution in [0.3, 0.4) is 0 Å². The first kappa shape index (κ1) is 23.9. The van der Waals surface area contributed by atoms with E-state index in [1.54, 1.807) is 11.8 Å². The molecule has 0 aliphatic carbocycles. The first-order valence-electron chi connectivity index (χ1n) is 12.2. The molecule has 1 amide bonds. The summed E-state index contributed by atoms with van der Waals surface area (Å²) < 4.78 is 41.1. The van der Waals surface area contributed by atoms with E-state index in [1.165, 1.54) is 12.1 Å². The lowest BCUT2D eigenvalue weighted by Crippen LogP contribution is -2.54. The van der Waals surface area contributed by atoms with Gasteiger partial charge in [-0.3, -0.25) is 9.80 Å². The lowest BCUT2D eigenvalue weighted by atomic mass is 9.93. The number of aryl methyl sites for hydroxylation is 1. The zero-order valence-corrected chi connectivity index (χ0v) is 20.0. The van der Waals surface area contributed by atoms with E-state index in [2.05, 4.69) is 10.3 Å². The predicted octanol–water partition coefficient (Wildman–Crippen LogP) is 3.39. The van der Waals surface area contributed by atoms with Crippen LogP contribution in [0.4, 0.5) is 13.2 Å². The van der Waals surface area contributed by atoms with Gasteiger partial charge in [0.05, 0.1) is 23.2 Å². The Morgan fingerprint density at radius 3 is 2.69 bits per heavy atom. The zero-order chi connectivity index (χ0) is 24.9. The summed E-state index contributed by atoms with van der Waals surface area (Å²) in [5.41, 5.74) is 9.95. The molecule has 2 saturated heterocycles. The number of piperidine rings is 1. The minimum atomic E-state index is -4.59. The van der Waals surface area contributed by atoms with Crippen LogP contribution in [0.15, 0.2) is 46.9 Å². The summed E-state index contributed by atoms with van der Waals surface area (Å²) in [6.07, 6.45) is 2.67. The van der Waals surface area contributed by atoms with Gasteiger partial charge in [0.15, 0.2) is 0 Å². The molecule has 4 aliphatic rings. The van der Waals surface area contributed by atoms with E-state index in [0.29, 0.717) is 18.5 Å². The third-order valence-electron chi connectivity index (χ3n) is 7.22. The summed E-state index contributed by atoms with van der Waals surface area (Å²) in [5.74, 6) is 1.06. The highest BCUT2D eigenvalue weighted by Crippen LogP contribution is 2.35. The van der Waals surface area contributed by atoms with Gasteiger partial charge in [0.1, 0.15) is 11.7 Å². The molecule has 0 spiro atoms. The molecule has 2 unspecified atom stereocenters. The van der Waals surface area contributed by atoms with Crippen molar-refractivity contribution >= 4 is 11.7 Å². The van der Waals surface area contributed by atoms with E-state index in [-0.39, 0.29) is 23.7 Å². The Bertz CT molecular complexity index is 1110. The maximum absolute atomic E-state index is 13.7. The normalized spacial score (nSPS) is 27.0. The van der Waals surface area contributed by atoms with Crippen molar-refractivity contribution in [1.29, 1.82) is 0 Å². The van der Waals surface area contributed by atoms with Gasteiger partial charge < -0.3 is 15.5 Å². The monoisotopic (exact) mass is 488 g/mol. The van der Waals surface area contributed by atoms with Crippen LogP contribution in [-0.2, 0) is 6.18 Å². The van der Waals surface area contributed by atoms with E-state index < -0.39 is 17.6 Å². The van der Waals surface area contributed by atoms with Crippen LogP contribution in [0, 0.1) is 6.92 Å². The summed E-state index contributed by atoms with van der Waals surface area (Å²) in [6.45, 7) is 5.74. The fourth-order valence-electron chi connectivity index (χ4n) is 5.46. The SMILES string of the molecule is CC1=CN2NC(C3CCCCN3C(=O)c3cc(C)ccc3C(F)(F)F)C=C2N=C1N1CC[C@H](N)C1. The van der Waals surface area contributed by atoms with Gasteiger partial charge in [-0.2, -0.15) is 13.2 Å². The quantitative estimate of drug-likeness (QED) is 0.668. The van der Waals surface area contributed by atoms with Gasteiger partial charge in [-0.1, -0.05) is 11.6 Å². The highest BCUT2D eigenvalue weighted by atomic mass is 19.4. The molecule has 4 aliphatic heterocycles. The summed E-state index contributed by atoms with van der Waals surface area (Å²) in [6, 6.07) is 3.36. The minimum Gasteiger partial charge on any atom is -0.355 e. The molecule has 2 fully saturated rings. The van der Waals surface area contributed by atoms with Crippen LogP contribution in [-0.4, -0.2) is 64.3 Å². The van der Waals surface area contributed by atoms with E-state index >= 15 is 0 Å². The average molecular weight is 489 g/mol. The summed E-state index contributed by atoms with van der Waals surface area (Å²) >= 11 is 0. The Morgan fingerprint density at radius 2 is 1.97 bits per heavy atom. The average Bonchev–Trinajstić information content (AvgIpc) is 3.42. The Hall–Kier alpha value is -2.85. The van der Waals surface area contributed by atoms with E-state index in [9.17, 15) is 18.0 Å². The van der Waals surface area contributed by atoms with Crippen LogP contribution in [0.1, 0.15) is 54.1 Å². The topological polar surface area (TPSA) is 77.2 Å². The predicted molar refractivity (Wildman–Crippen MR) is 127 cm³/mol. The number of benzene rings is 1. The molecule has 1 aromatic rings. The molecular formula is C25H31F3N6O. The van der Waals surface area contributed by atoms with Crippen LogP contribution in [0.5, 0.6) is 0 Å². The number of alkyl halides is 3. The molecule has 0 aromatic heterocycles. The number of carbonyl (C=O) groups excluding carboxylic acids is 1. The second-order valence-electron chi connectivity index (χ2n) is 9.90. The third kappa shape index (κ3) is 4.56. The Balaban J connectivity index is 1.42. The highest BCUT2D eigenvalue weighted by molar-refractivity contribution is 5.99. The third-order valence-corrected chi connectivity index (χ3v) is 7.22. The number of amides is 1. The van der Waals surface area contributed by atoms with E-state index in [0.717, 1.165) is 55.6 Å². The number of carbonyl (C=O) groups is 1. The standard InChI is InChI=1S/C25H31F3N6O/c1-15-6-7-19(25(26,27)28)18(11-15)24(35)33-9-4-3-5-21(33)20-12-22-30-23(16(2)13-34(22)31-20)32-10-8-17(29)14-32/h6-7,11-13,17,20-21,31H,3-5,8-10,14,29H2,1-2H3/t17-,20?,21?/m0/s1. The van der Waals surface area contributed by atoms with Crippen molar-refractivity contribution in [2.24, 2.45) is 10.7 Å². The van der Waals surface area contributed by atoms with Crippen LogP contribution < -0.4 is 11.2 Å². The number of fused-ring (bicyclic) bond motifs is 1.